The molecule has 2 aromatic rings. The second-order valence-electron chi connectivity index (χ2n) is 7.98. The number of fused-ring (bicyclic) bond motifs is 2. The predicted molar refractivity (Wildman–Crippen MR) is 117 cm³/mol. The van der Waals surface area contributed by atoms with Crippen LogP contribution >= 0.6 is 11.6 Å². The minimum atomic E-state index is -3.90. The van der Waals surface area contributed by atoms with Crippen LogP contribution in [0.25, 0.3) is 10.9 Å². The number of benzene rings is 1. The molecule has 0 amide bonds. The van der Waals surface area contributed by atoms with Gasteiger partial charge in [0, 0.05) is 34.3 Å². The van der Waals surface area contributed by atoms with Crippen LogP contribution in [0.15, 0.2) is 64.0 Å². The van der Waals surface area contributed by atoms with E-state index in [9.17, 15) is 18.3 Å². The number of para-hydroxylation sites is 1. The summed E-state index contributed by atoms with van der Waals surface area (Å²) in [5.74, 6) is -0.619. The minimum Gasteiger partial charge on any atom is -0.458 e. The molecule has 2 aliphatic heterocycles. The first kappa shape index (κ1) is 22.0. The zero-order chi connectivity index (χ0) is 22.3. The highest BCUT2D eigenvalue weighted by Crippen LogP contribution is 2.43. The molecule has 9 heteroatoms. The molecule has 1 aromatic heterocycles. The number of sulfone groups is 1. The largest absolute Gasteiger partial charge is 0.458 e. The molecular formula is C22H23ClN2O5S. The van der Waals surface area contributed by atoms with Gasteiger partial charge in [0.2, 0.25) is 9.84 Å². The van der Waals surface area contributed by atoms with Gasteiger partial charge in [-0.15, -0.1) is 0 Å². The maximum absolute atomic E-state index is 13.1. The van der Waals surface area contributed by atoms with E-state index in [-0.39, 0.29) is 28.6 Å². The van der Waals surface area contributed by atoms with Crippen molar-refractivity contribution in [3.8, 4) is 0 Å². The smallest absolute Gasteiger partial charge is 0.328 e. The van der Waals surface area contributed by atoms with Crippen molar-refractivity contribution in [2.45, 2.75) is 36.6 Å². The Balaban J connectivity index is 1.67. The molecule has 2 fully saturated rings. The van der Waals surface area contributed by atoms with Crippen LogP contribution < -0.4 is 0 Å². The summed E-state index contributed by atoms with van der Waals surface area (Å²) in [5.41, 5.74) is 0.997. The highest BCUT2D eigenvalue weighted by Gasteiger charge is 2.54. The van der Waals surface area contributed by atoms with E-state index < -0.39 is 28.0 Å². The van der Waals surface area contributed by atoms with Gasteiger partial charge in [-0.05, 0) is 37.1 Å². The first-order chi connectivity index (χ1) is 14.7. The molecule has 1 N–H and O–H groups in total. The molecule has 0 aliphatic carbocycles. The molecule has 0 saturated carbocycles. The fourth-order valence-electron chi connectivity index (χ4n) is 4.31. The Kier molecular flexibility index (Phi) is 5.91. The molecule has 2 saturated heterocycles. The highest BCUT2D eigenvalue weighted by atomic mass is 35.5. The Hall–Kier alpha value is -2.26. The van der Waals surface area contributed by atoms with E-state index in [1.54, 1.807) is 25.1 Å². The summed E-state index contributed by atoms with van der Waals surface area (Å²) in [6.45, 7) is 5.53. The highest BCUT2D eigenvalue weighted by molar-refractivity contribution is 7.94. The lowest BCUT2D eigenvalue weighted by molar-refractivity contribution is -0.152. The maximum Gasteiger partial charge on any atom is 0.328 e. The number of aliphatic hydroxyl groups excluding tert-OH is 1. The van der Waals surface area contributed by atoms with Crippen LogP contribution in [0, 0.1) is 5.92 Å². The fourth-order valence-corrected chi connectivity index (χ4v) is 5.59. The van der Waals surface area contributed by atoms with Crippen molar-refractivity contribution in [2.75, 3.05) is 13.2 Å². The number of carbonyl (C=O) groups excluding carboxylic acids is 1. The number of hydrogen-bond donors (Lipinski definition) is 1. The van der Waals surface area contributed by atoms with Gasteiger partial charge in [-0.1, -0.05) is 36.4 Å². The van der Waals surface area contributed by atoms with Gasteiger partial charge in [0.05, 0.1) is 11.6 Å². The molecule has 0 spiro atoms. The molecule has 4 atom stereocenters. The first-order valence-electron chi connectivity index (χ1n) is 9.92. The average Bonchev–Trinajstić information content (AvgIpc) is 2.96. The van der Waals surface area contributed by atoms with Crippen LogP contribution in [0.1, 0.15) is 13.3 Å². The van der Waals surface area contributed by atoms with Crippen LogP contribution in [-0.4, -0.2) is 60.7 Å². The summed E-state index contributed by atoms with van der Waals surface area (Å²) in [4.78, 5) is 18.9. The molecule has 31 heavy (non-hydrogen) atoms. The van der Waals surface area contributed by atoms with Crippen LogP contribution in [-0.2, 0) is 19.4 Å². The monoisotopic (exact) mass is 462 g/mol. The lowest BCUT2D eigenvalue weighted by atomic mass is 9.85. The minimum absolute atomic E-state index is 0.0364. The molecule has 2 aliphatic rings. The van der Waals surface area contributed by atoms with Gasteiger partial charge in [-0.25, -0.2) is 18.2 Å². The van der Waals surface area contributed by atoms with Gasteiger partial charge in [0.1, 0.15) is 12.6 Å². The summed E-state index contributed by atoms with van der Waals surface area (Å²) in [7, 11) is -3.90. The van der Waals surface area contributed by atoms with Crippen molar-refractivity contribution in [1.29, 1.82) is 0 Å². The lowest BCUT2D eigenvalue weighted by Crippen LogP contribution is -2.60. The Morgan fingerprint density at radius 2 is 2.13 bits per heavy atom. The normalized spacial score (nSPS) is 25.8. The van der Waals surface area contributed by atoms with E-state index in [0.29, 0.717) is 24.1 Å². The first-order valence-corrected chi connectivity index (χ1v) is 11.8. The van der Waals surface area contributed by atoms with E-state index in [4.69, 9.17) is 16.3 Å². The van der Waals surface area contributed by atoms with Crippen molar-refractivity contribution in [3.05, 3.63) is 59.0 Å². The predicted octanol–water partition coefficient (Wildman–Crippen LogP) is 2.64. The second-order valence-corrected chi connectivity index (χ2v) is 10.3. The molecule has 7 nitrogen and oxygen atoms in total. The van der Waals surface area contributed by atoms with E-state index in [1.165, 1.54) is 6.07 Å². The molecule has 0 unspecified atom stereocenters. The maximum atomic E-state index is 13.1. The molecule has 4 rings (SSSR count). The van der Waals surface area contributed by atoms with Gasteiger partial charge in [-0.2, -0.15) is 0 Å². The molecule has 164 valence electrons. The van der Waals surface area contributed by atoms with Crippen molar-refractivity contribution in [3.63, 3.8) is 0 Å². The standard InChI is InChI=1S/C22H23ClN2O5S/c1-13(23)11-30-22(27)21-16(9-19-17(14(2)26)10-25(19)21)12-31(28,29)20-8-7-15-5-3-4-6-18(15)24-20/h3-8,12,14,17,19,21,26H,1,9-11H2,2H3/b16-12+/t14-,17+,19-,21-/m1/s1. The fraction of sp³-hybridized carbons (Fsp3) is 0.364. The van der Waals surface area contributed by atoms with Crippen LogP contribution in [0.4, 0.5) is 0 Å². The summed E-state index contributed by atoms with van der Waals surface area (Å²) in [5, 5.41) is 12.1. The molecule has 3 heterocycles. The van der Waals surface area contributed by atoms with E-state index in [2.05, 4.69) is 11.6 Å². The number of ether oxygens (including phenoxy) is 1. The van der Waals surface area contributed by atoms with Gasteiger partial charge in [-0.3, -0.25) is 4.90 Å². The van der Waals surface area contributed by atoms with Gasteiger partial charge in [0.25, 0.3) is 0 Å². The van der Waals surface area contributed by atoms with Crippen molar-refractivity contribution in [2.24, 2.45) is 5.92 Å². The molecule has 0 radical (unpaired) electrons. The van der Waals surface area contributed by atoms with E-state index >= 15 is 0 Å². The summed E-state index contributed by atoms with van der Waals surface area (Å²) in [6, 6.07) is 9.45. The number of nitrogens with zero attached hydrogens (tertiary/aromatic N) is 2. The number of esters is 1. The Labute approximate surface area is 185 Å². The number of carbonyl (C=O) groups is 1. The van der Waals surface area contributed by atoms with E-state index in [0.717, 1.165) is 10.8 Å². The van der Waals surface area contributed by atoms with Crippen molar-refractivity contribution < 1.29 is 23.1 Å². The van der Waals surface area contributed by atoms with Gasteiger partial charge < -0.3 is 9.84 Å². The third-order valence-electron chi connectivity index (χ3n) is 5.85. The number of rotatable bonds is 6. The second kappa shape index (κ2) is 8.35. The molecule has 0 bridgehead atoms. The van der Waals surface area contributed by atoms with Crippen molar-refractivity contribution in [1.82, 2.24) is 9.88 Å². The number of halogens is 1. The number of aliphatic hydroxyl groups is 1. The zero-order valence-corrected chi connectivity index (χ0v) is 18.5. The lowest BCUT2D eigenvalue weighted by Gasteiger charge is -2.46. The summed E-state index contributed by atoms with van der Waals surface area (Å²) in [6.07, 6.45) is -0.206. The SMILES string of the molecule is C=C(Cl)COC(=O)[C@H]1/C(=C/S(=O)(=O)c2ccc3ccccc3n2)C[C@@H]2[C@H]([C@@H](C)O)CN21. The quantitative estimate of drug-likeness (QED) is 0.659. The van der Waals surface area contributed by atoms with Crippen LogP contribution in [0.5, 0.6) is 0 Å². The van der Waals surface area contributed by atoms with Gasteiger partial charge >= 0.3 is 5.97 Å². The topological polar surface area (TPSA) is 96.8 Å². The molecule has 1 aromatic carbocycles. The Morgan fingerprint density at radius 3 is 2.84 bits per heavy atom. The Morgan fingerprint density at radius 1 is 1.39 bits per heavy atom. The third kappa shape index (κ3) is 4.25. The van der Waals surface area contributed by atoms with Crippen molar-refractivity contribution >= 4 is 38.3 Å². The zero-order valence-electron chi connectivity index (χ0n) is 16.9. The third-order valence-corrected chi connectivity index (χ3v) is 7.39. The van der Waals surface area contributed by atoms with Crippen LogP contribution in [0.2, 0.25) is 0 Å². The van der Waals surface area contributed by atoms with Gasteiger partial charge in [0.15, 0.2) is 5.03 Å². The van der Waals surface area contributed by atoms with E-state index in [1.807, 2.05) is 17.0 Å². The number of hydrogen-bond acceptors (Lipinski definition) is 7. The summed E-state index contributed by atoms with van der Waals surface area (Å²) >= 11 is 5.71. The average molecular weight is 463 g/mol. The van der Waals surface area contributed by atoms with Crippen LogP contribution in [0.3, 0.4) is 0 Å². The summed E-state index contributed by atoms with van der Waals surface area (Å²) < 4.78 is 31.5. The Bertz CT molecular complexity index is 1180. The number of pyridine rings is 1. The number of aromatic nitrogens is 1. The molecular weight excluding hydrogens is 440 g/mol.